The van der Waals surface area contributed by atoms with Gasteiger partial charge in [0.05, 0.1) is 11.4 Å². The van der Waals surface area contributed by atoms with Crippen LogP contribution in [0.2, 0.25) is 5.02 Å². The van der Waals surface area contributed by atoms with E-state index in [0.717, 1.165) is 15.4 Å². The van der Waals surface area contributed by atoms with E-state index in [1.807, 2.05) is 13.8 Å². The molecule has 0 radical (unpaired) electrons. The van der Waals surface area contributed by atoms with Crippen molar-refractivity contribution >= 4 is 33.2 Å². The molecule has 0 unspecified atom stereocenters. The monoisotopic (exact) mass is 366 g/mol. The van der Waals surface area contributed by atoms with Crippen molar-refractivity contribution in [2.45, 2.75) is 18.7 Å². The van der Waals surface area contributed by atoms with Crippen LogP contribution in [0.5, 0.6) is 0 Å². The molecule has 2 rings (SSSR count). The van der Waals surface area contributed by atoms with E-state index in [9.17, 15) is 13.2 Å². The van der Waals surface area contributed by atoms with Crippen LogP contribution < -0.4 is 5.32 Å². The van der Waals surface area contributed by atoms with Crippen LogP contribution in [0, 0.1) is 13.8 Å². The average Bonchev–Trinajstić information content (AvgIpc) is 2.51. The number of likely N-dealkylation sites (N-methyl/N-ethyl adjacent to an activating group) is 1. The minimum absolute atomic E-state index is 0.155. The third kappa shape index (κ3) is 4.35. The van der Waals surface area contributed by atoms with Gasteiger partial charge in [-0.25, -0.2) is 8.42 Å². The lowest BCUT2D eigenvalue weighted by Gasteiger charge is -2.17. The number of hydrogen-bond donors (Lipinski definition) is 1. The number of aryl methyl sites for hydroxylation is 2. The lowest BCUT2D eigenvalue weighted by molar-refractivity contribution is -0.116. The molecule has 0 spiro atoms. The molecule has 0 heterocycles. The minimum Gasteiger partial charge on any atom is -0.325 e. The largest absolute Gasteiger partial charge is 0.325 e. The summed E-state index contributed by atoms with van der Waals surface area (Å²) in [7, 11) is -2.34. The number of nitrogens with zero attached hydrogens (tertiary/aromatic N) is 1. The summed E-state index contributed by atoms with van der Waals surface area (Å²) in [5.74, 6) is -0.432. The zero-order valence-electron chi connectivity index (χ0n) is 13.7. The first kappa shape index (κ1) is 18.4. The molecular formula is C17H19ClN2O3S. The predicted molar refractivity (Wildman–Crippen MR) is 95.8 cm³/mol. The van der Waals surface area contributed by atoms with Gasteiger partial charge < -0.3 is 5.32 Å². The van der Waals surface area contributed by atoms with E-state index in [1.54, 1.807) is 30.3 Å². The van der Waals surface area contributed by atoms with E-state index in [0.29, 0.717) is 10.7 Å². The molecule has 0 bridgehead atoms. The van der Waals surface area contributed by atoms with Gasteiger partial charge in [0.1, 0.15) is 0 Å². The molecule has 2 aromatic rings. The fourth-order valence-corrected chi connectivity index (χ4v) is 3.40. The van der Waals surface area contributed by atoms with E-state index in [1.165, 1.54) is 19.2 Å². The van der Waals surface area contributed by atoms with Gasteiger partial charge >= 0.3 is 0 Å². The van der Waals surface area contributed by atoms with Gasteiger partial charge in [-0.3, -0.25) is 4.79 Å². The Morgan fingerprint density at radius 2 is 1.75 bits per heavy atom. The van der Waals surface area contributed by atoms with E-state index in [2.05, 4.69) is 5.32 Å². The average molecular weight is 367 g/mol. The fourth-order valence-electron chi connectivity index (χ4n) is 2.10. The summed E-state index contributed by atoms with van der Waals surface area (Å²) < 4.78 is 26.0. The molecule has 0 aliphatic rings. The maximum Gasteiger partial charge on any atom is 0.243 e. The fraction of sp³-hybridized carbons (Fsp3) is 0.235. The molecule has 0 aromatic heterocycles. The summed E-state index contributed by atoms with van der Waals surface area (Å²) in [6, 6.07) is 11.6. The highest BCUT2D eigenvalue weighted by atomic mass is 35.5. The van der Waals surface area contributed by atoms with Crippen molar-refractivity contribution < 1.29 is 13.2 Å². The Morgan fingerprint density at radius 3 is 2.38 bits per heavy atom. The van der Waals surface area contributed by atoms with E-state index in [4.69, 9.17) is 11.6 Å². The maximum absolute atomic E-state index is 12.5. The Hall–Kier alpha value is -1.89. The Balaban J connectivity index is 2.10. The van der Waals surface area contributed by atoms with Crippen molar-refractivity contribution in [3.8, 4) is 0 Å². The number of nitrogens with one attached hydrogen (secondary N) is 1. The Bertz CT molecular complexity index is 849. The number of carbonyl (C=O) groups is 1. The SMILES string of the molecule is Cc1ccc(S(=O)(=O)N(C)CC(=O)Nc2cc(Cl)ccc2C)cc1. The number of carbonyl (C=O) groups excluding carboxylic acids is 1. The minimum atomic E-state index is -3.71. The van der Waals surface area contributed by atoms with Crippen LogP contribution in [-0.2, 0) is 14.8 Å². The molecule has 2 aromatic carbocycles. The molecular weight excluding hydrogens is 348 g/mol. The molecule has 24 heavy (non-hydrogen) atoms. The van der Waals surface area contributed by atoms with Gasteiger partial charge in [-0.2, -0.15) is 4.31 Å². The third-order valence-electron chi connectivity index (χ3n) is 3.57. The number of rotatable bonds is 5. The highest BCUT2D eigenvalue weighted by Gasteiger charge is 2.23. The molecule has 0 aliphatic heterocycles. The molecule has 7 heteroatoms. The zero-order valence-corrected chi connectivity index (χ0v) is 15.3. The lowest BCUT2D eigenvalue weighted by atomic mass is 10.2. The smallest absolute Gasteiger partial charge is 0.243 e. The van der Waals surface area contributed by atoms with Crippen LogP contribution in [0.25, 0.3) is 0 Å². The molecule has 1 amide bonds. The maximum atomic E-state index is 12.5. The van der Waals surface area contributed by atoms with Crippen molar-refractivity contribution in [2.75, 3.05) is 18.9 Å². The first-order chi connectivity index (χ1) is 11.2. The van der Waals surface area contributed by atoms with E-state index < -0.39 is 15.9 Å². The second kappa shape index (κ2) is 7.34. The van der Waals surface area contributed by atoms with Crippen molar-refractivity contribution in [1.82, 2.24) is 4.31 Å². The second-order valence-corrected chi connectivity index (χ2v) is 8.06. The van der Waals surface area contributed by atoms with Gasteiger partial charge in [0.25, 0.3) is 0 Å². The Kier molecular flexibility index (Phi) is 5.64. The van der Waals surface area contributed by atoms with Gasteiger partial charge in [0.2, 0.25) is 15.9 Å². The topological polar surface area (TPSA) is 66.5 Å². The summed E-state index contributed by atoms with van der Waals surface area (Å²) in [6.45, 7) is 3.42. The van der Waals surface area contributed by atoms with Crippen molar-refractivity contribution in [2.24, 2.45) is 0 Å². The van der Waals surface area contributed by atoms with Crippen LogP contribution in [0.4, 0.5) is 5.69 Å². The summed E-state index contributed by atoms with van der Waals surface area (Å²) >= 11 is 5.91. The second-order valence-electron chi connectivity index (χ2n) is 5.58. The van der Waals surface area contributed by atoms with E-state index in [-0.39, 0.29) is 11.4 Å². The number of halogens is 1. The van der Waals surface area contributed by atoms with Crippen LogP contribution in [0.15, 0.2) is 47.4 Å². The van der Waals surface area contributed by atoms with Gasteiger partial charge in [-0.1, -0.05) is 35.4 Å². The molecule has 0 saturated heterocycles. The number of anilines is 1. The Morgan fingerprint density at radius 1 is 1.12 bits per heavy atom. The van der Waals surface area contributed by atoms with Crippen LogP contribution in [0.3, 0.4) is 0 Å². The number of benzene rings is 2. The standard InChI is InChI=1S/C17H19ClN2O3S/c1-12-4-8-15(9-5-12)24(22,23)20(3)11-17(21)19-16-10-14(18)7-6-13(16)2/h4-10H,11H2,1-3H3,(H,19,21). The predicted octanol–water partition coefficient (Wildman–Crippen LogP) is 3.22. The molecule has 0 aliphatic carbocycles. The van der Waals surface area contributed by atoms with Gasteiger partial charge in [0.15, 0.2) is 0 Å². The van der Waals surface area contributed by atoms with Gasteiger partial charge in [0, 0.05) is 17.8 Å². The summed E-state index contributed by atoms with van der Waals surface area (Å²) in [4.78, 5) is 12.3. The molecule has 0 saturated carbocycles. The molecule has 1 N–H and O–H groups in total. The van der Waals surface area contributed by atoms with Gasteiger partial charge in [-0.15, -0.1) is 0 Å². The third-order valence-corrected chi connectivity index (χ3v) is 5.62. The molecule has 128 valence electrons. The molecule has 5 nitrogen and oxygen atoms in total. The van der Waals surface area contributed by atoms with Crippen LogP contribution in [-0.4, -0.2) is 32.2 Å². The zero-order chi connectivity index (χ0) is 17.9. The quantitative estimate of drug-likeness (QED) is 0.883. The van der Waals surface area contributed by atoms with Crippen LogP contribution >= 0.6 is 11.6 Å². The van der Waals surface area contributed by atoms with Gasteiger partial charge in [-0.05, 0) is 43.7 Å². The molecule has 0 fully saturated rings. The van der Waals surface area contributed by atoms with Crippen LogP contribution in [0.1, 0.15) is 11.1 Å². The Labute approximate surface area is 147 Å². The number of amides is 1. The number of sulfonamides is 1. The normalized spacial score (nSPS) is 11.5. The highest BCUT2D eigenvalue weighted by Crippen LogP contribution is 2.20. The van der Waals surface area contributed by atoms with E-state index >= 15 is 0 Å². The first-order valence-corrected chi connectivity index (χ1v) is 9.11. The van der Waals surface area contributed by atoms with Crippen molar-refractivity contribution in [3.63, 3.8) is 0 Å². The molecule has 0 atom stereocenters. The summed E-state index contributed by atoms with van der Waals surface area (Å²) in [5, 5.41) is 3.18. The first-order valence-electron chi connectivity index (χ1n) is 7.29. The summed E-state index contributed by atoms with van der Waals surface area (Å²) in [5.41, 5.74) is 2.37. The van der Waals surface area contributed by atoms with Crippen molar-refractivity contribution in [1.29, 1.82) is 0 Å². The lowest BCUT2D eigenvalue weighted by Crippen LogP contribution is -2.35. The highest BCUT2D eigenvalue weighted by molar-refractivity contribution is 7.89. The number of hydrogen-bond acceptors (Lipinski definition) is 3. The summed E-state index contributed by atoms with van der Waals surface area (Å²) in [6.07, 6.45) is 0. The van der Waals surface area contributed by atoms with Crippen molar-refractivity contribution in [3.05, 3.63) is 58.6 Å².